The summed E-state index contributed by atoms with van der Waals surface area (Å²) < 4.78 is 5.48. The highest BCUT2D eigenvalue weighted by molar-refractivity contribution is 5.48. The SMILES string of the molecule is COc1ccc2c(c1)[C@]13CCN(CC4CC4)[C@H](C2)[C@]1(O)CC(CO)[C@H](O)C3. The summed E-state index contributed by atoms with van der Waals surface area (Å²) >= 11 is 0. The molecule has 3 aliphatic carbocycles. The second-order valence-electron chi connectivity index (χ2n) is 9.36. The van der Waals surface area contributed by atoms with E-state index >= 15 is 0 Å². The molecule has 148 valence electrons. The maximum absolute atomic E-state index is 12.2. The molecule has 1 aromatic rings. The standard InChI is InChI=1S/C22H31NO4/c1-27-17-5-4-15-8-20-22(26)10-16(13-24)19(25)11-21(22,18(15)9-17)6-7-23(20)12-14-2-3-14/h4-5,9,14,16,19-20,24-26H,2-3,6-8,10-13H2,1H3/t16?,19-,20-,21-,22-/m1/s1. The van der Waals surface area contributed by atoms with E-state index in [4.69, 9.17) is 4.74 Å². The third kappa shape index (κ3) is 2.52. The highest BCUT2D eigenvalue weighted by Gasteiger charge is 2.66. The molecule has 0 aromatic heterocycles. The van der Waals surface area contributed by atoms with Crippen molar-refractivity contribution in [1.82, 2.24) is 4.90 Å². The van der Waals surface area contributed by atoms with Crippen molar-refractivity contribution in [2.75, 3.05) is 26.8 Å². The number of piperidine rings is 1. The molecule has 2 bridgehead atoms. The zero-order valence-corrected chi connectivity index (χ0v) is 16.1. The Morgan fingerprint density at radius 1 is 1.26 bits per heavy atom. The van der Waals surface area contributed by atoms with E-state index in [1.807, 2.05) is 6.07 Å². The van der Waals surface area contributed by atoms with Crippen LogP contribution in [0.2, 0.25) is 0 Å². The summed E-state index contributed by atoms with van der Waals surface area (Å²) in [6, 6.07) is 6.30. The molecule has 0 spiro atoms. The van der Waals surface area contributed by atoms with Crippen molar-refractivity contribution in [3.05, 3.63) is 29.3 Å². The van der Waals surface area contributed by atoms with Gasteiger partial charge in [-0.05, 0) is 74.2 Å². The van der Waals surface area contributed by atoms with Crippen molar-refractivity contribution in [2.45, 2.75) is 61.7 Å². The Morgan fingerprint density at radius 3 is 2.78 bits per heavy atom. The quantitative estimate of drug-likeness (QED) is 0.745. The molecule has 1 aromatic carbocycles. The van der Waals surface area contributed by atoms with Gasteiger partial charge in [0.1, 0.15) is 5.75 Å². The van der Waals surface area contributed by atoms with Crippen LogP contribution in [0.1, 0.15) is 43.2 Å². The van der Waals surface area contributed by atoms with Gasteiger partial charge in [-0.2, -0.15) is 0 Å². The van der Waals surface area contributed by atoms with Crippen molar-refractivity contribution < 1.29 is 20.1 Å². The third-order valence-electron chi connectivity index (χ3n) is 7.99. The molecule has 5 heteroatoms. The van der Waals surface area contributed by atoms with Gasteiger partial charge in [0.25, 0.3) is 0 Å². The molecule has 0 radical (unpaired) electrons. The Bertz CT molecular complexity index is 735. The number of benzene rings is 1. The molecule has 3 fully saturated rings. The molecule has 5 atom stereocenters. The van der Waals surface area contributed by atoms with Crippen molar-refractivity contribution in [3.8, 4) is 5.75 Å². The number of methoxy groups -OCH3 is 1. The van der Waals surface area contributed by atoms with E-state index in [1.54, 1.807) is 7.11 Å². The first kappa shape index (κ1) is 17.9. The van der Waals surface area contributed by atoms with Crippen LogP contribution < -0.4 is 4.74 Å². The molecular formula is C22H31NO4. The highest BCUT2D eigenvalue weighted by Crippen LogP contribution is 2.59. The van der Waals surface area contributed by atoms with Gasteiger partial charge in [0, 0.05) is 30.5 Å². The maximum atomic E-state index is 12.2. The molecule has 1 unspecified atom stereocenters. The predicted octanol–water partition coefficient (Wildman–Crippen LogP) is 1.47. The normalized spacial score (nSPS) is 41.0. The summed E-state index contributed by atoms with van der Waals surface area (Å²) in [4.78, 5) is 2.51. The fraction of sp³-hybridized carbons (Fsp3) is 0.727. The van der Waals surface area contributed by atoms with Crippen LogP contribution >= 0.6 is 0 Å². The smallest absolute Gasteiger partial charge is 0.119 e. The van der Waals surface area contributed by atoms with Crippen LogP contribution in [0.25, 0.3) is 0 Å². The Hall–Kier alpha value is -1.14. The lowest BCUT2D eigenvalue weighted by Gasteiger charge is -2.65. The number of aliphatic hydroxyl groups excluding tert-OH is 2. The Balaban J connectivity index is 1.63. The van der Waals surface area contributed by atoms with Gasteiger partial charge in [0.05, 0.1) is 18.8 Å². The summed E-state index contributed by atoms with van der Waals surface area (Å²) in [5.41, 5.74) is 1.07. The number of nitrogens with zero attached hydrogens (tertiary/aromatic N) is 1. The first-order valence-corrected chi connectivity index (χ1v) is 10.4. The first-order valence-electron chi connectivity index (χ1n) is 10.4. The summed E-state index contributed by atoms with van der Waals surface area (Å²) in [5, 5.41) is 32.8. The molecule has 2 saturated carbocycles. The van der Waals surface area contributed by atoms with Gasteiger partial charge in [0.2, 0.25) is 0 Å². The van der Waals surface area contributed by atoms with Crippen LogP contribution in [0.15, 0.2) is 18.2 Å². The van der Waals surface area contributed by atoms with Crippen molar-refractivity contribution in [1.29, 1.82) is 0 Å². The van der Waals surface area contributed by atoms with Crippen LogP contribution in [0, 0.1) is 11.8 Å². The summed E-state index contributed by atoms with van der Waals surface area (Å²) in [7, 11) is 1.67. The third-order valence-corrected chi connectivity index (χ3v) is 7.99. The Kier molecular flexibility index (Phi) is 4.10. The van der Waals surface area contributed by atoms with E-state index in [-0.39, 0.29) is 18.6 Å². The van der Waals surface area contributed by atoms with Crippen molar-refractivity contribution >= 4 is 0 Å². The number of fused-ring (bicyclic) bond motifs is 1. The minimum absolute atomic E-state index is 0.0642. The number of hydrogen-bond acceptors (Lipinski definition) is 5. The fourth-order valence-corrected chi connectivity index (χ4v) is 6.32. The molecule has 1 saturated heterocycles. The summed E-state index contributed by atoms with van der Waals surface area (Å²) in [6.07, 6.45) is 4.69. The van der Waals surface area contributed by atoms with Gasteiger partial charge < -0.3 is 20.1 Å². The number of aliphatic hydroxyl groups is 3. The predicted molar refractivity (Wildman–Crippen MR) is 102 cm³/mol. The fourth-order valence-electron chi connectivity index (χ4n) is 6.32. The van der Waals surface area contributed by atoms with Crippen LogP contribution in [-0.4, -0.2) is 64.8 Å². The average Bonchev–Trinajstić information content (AvgIpc) is 3.48. The molecule has 1 aliphatic heterocycles. The molecule has 4 aliphatic rings. The van der Waals surface area contributed by atoms with Crippen LogP contribution in [0.5, 0.6) is 5.75 Å². The highest BCUT2D eigenvalue weighted by atomic mass is 16.5. The van der Waals surface area contributed by atoms with Gasteiger partial charge in [-0.25, -0.2) is 0 Å². The van der Waals surface area contributed by atoms with Gasteiger partial charge in [0.15, 0.2) is 0 Å². The van der Waals surface area contributed by atoms with Crippen LogP contribution in [0.3, 0.4) is 0 Å². The molecule has 5 nitrogen and oxygen atoms in total. The van der Waals surface area contributed by atoms with Crippen LogP contribution in [-0.2, 0) is 11.8 Å². The minimum Gasteiger partial charge on any atom is -0.497 e. The summed E-state index contributed by atoms with van der Waals surface area (Å²) in [5.74, 6) is 1.34. The number of ether oxygens (including phenoxy) is 1. The first-order chi connectivity index (χ1) is 13.0. The number of rotatable bonds is 4. The second-order valence-corrected chi connectivity index (χ2v) is 9.36. The van der Waals surface area contributed by atoms with Crippen molar-refractivity contribution in [2.24, 2.45) is 11.8 Å². The molecular weight excluding hydrogens is 342 g/mol. The zero-order chi connectivity index (χ0) is 18.8. The lowest BCUT2D eigenvalue weighted by Crippen LogP contribution is -2.75. The van der Waals surface area contributed by atoms with Gasteiger partial charge >= 0.3 is 0 Å². The van der Waals surface area contributed by atoms with E-state index in [2.05, 4.69) is 17.0 Å². The molecule has 5 rings (SSSR count). The zero-order valence-electron chi connectivity index (χ0n) is 16.1. The van der Waals surface area contributed by atoms with E-state index in [0.717, 1.165) is 43.2 Å². The Morgan fingerprint density at radius 2 is 2.07 bits per heavy atom. The van der Waals surface area contributed by atoms with Gasteiger partial charge in [-0.3, -0.25) is 4.90 Å². The molecule has 3 N–H and O–H groups in total. The summed E-state index contributed by atoms with van der Waals surface area (Å²) in [6.45, 7) is 1.97. The molecule has 27 heavy (non-hydrogen) atoms. The maximum Gasteiger partial charge on any atom is 0.119 e. The number of likely N-dealkylation sites (tertiary alicyclic amines) is 1. The molecule has 0 amide bonds. The van der Waals surface area contributed by atoms with E-state index in [9.17, 15) is 15.3 Å². The van der Waals surface area contributed by atoms with Crippen molar-refractivity contribution in [3.63, 3.8) is 0 Å². The van der Waals surface area contributed by atoms with E-state index in [0.29, 0.717) is 12.8 Å². The average molecular weight is 373 g/mol. The monoisotopic (exact) mass is 373 g/mol. The second kappa shape index (κ2) is 6.18. The van der Waals surface area contributed by atoms with Crippen LogP contribution in [0.4, 0.5) is 0 Å². The van der Waals surface area contributed by atoms with Gasteiger partial charge in [-0.15, -0.1) is 0 Å². The largest absolute Gasteiger partial charge is 0.497 e. The van der Waals surface area contributed by atoms with E-state index in [1.165, 1.54) is 18.4 Å². The Labute approximate surface area is 161 Å². The lowest BCUT2D eigenvalue weighted by molar-refractivity contribution is -0.201. The van der Waals surface area contributed by atoms with Gasteiger partial charge in [-0.1, -0.05) is 6.07 Å². The lowest BCUT2D eigenvalue weighted by atomic mass is 9.47. The molecule has 1 heterocycles. The van der Waals surface area contributed by atoms with E-state index < -0.39 is 17.1 Å². The topological polar surface area (TPSA) is 73.2 Å². The minimum atomic E-state index is -0.911. The number of hydrogen-bond donors (Lipinski definition) is 3.